The summed E-state index contributed by atoms with van der Waals surface area (Å²) in [4.78, 5) is 22.6. The molecule has 0 amide bonds. The summed E-state index contributed by atoms with van der Waals surface area (Å²) in [6.45, 7) is 0. The zero-order chi connectivity index (χ0) is 35.7. The van der Waals surface area contributed by atoms with Crippen LogP contribution >= 0.6 is 11.6 Å². The first-order valence-corrected chi connectivity index (χ1v) is 17.9. The number of fused-ring (bicyclic) bond motifs is 2. The van der Waals surface area contributed by atoms with Gasteiger partial charge in [-0.25, -0.2) is 9.97 Å². The molecule has 0 spiro atoms. The van der Waals surface area contributed by atoms with Crippen LogP contribution in [0.4, 0.5) is 0 Å². The van der Waals surface area contributed by atoms with Gasteiger partial charge in [-0.2, -0.15) is 0 Å². The van der Waals surface area contributed by atoms with E-state index in [1.807, 2.05) is 72.8 Å². The molecule has 9 aromatic rings. The van der Waals surface area contributed by atoms with Crippen molar-refractivity contribution in [2.75, 3.05) is 0 Å². The maximum atomic E-state index is 12.8. The Bertz CT molecular complexity index is 2620. The summed E-state index contributed by atoms with van der Waals surface area (Å²) < 4.78 is 0. The summed E-state index contributed by atoms with van der Waals surface area (Å²) in [7, 11) is 0. The van der Waals surface area contributed by atoms with Crippen molar-refractivity contribution in [3.63, 3.8) is 0 Å². The molecule has 3 nitrogen and oxygen atoms in total. The third-order valence-electron chi connectivity index (χ3n) is 9.82. The zero-order valence-corrected chi connectivity index (χ0v) is 29.3. The Morgan fingerprint density at radius 1 is 0.370 bits per heavy atom. The van der Waals surface area contributed by atoms with Crippen molar-refractivity contribution in [1.29, 1.82) is 0 Å². The second kappa shape index (κ2) is 14.7. The molecule has 0 radical (unpaired) electrons. The van der Waals surface area contributed by atoms with Crippen molar-refractivity contribution in [2.45, 2.75) is 7.43 Å². The van der Waals surface area contributed by atoms with E-state index in [9.17, 15) is 4.79 Å². The highest BCUT2D eigenvalue weighted by Crippen LogP contribution is 2.39. The van der Waals surface area contributed by atoms with Gasteiger partial charge in [-0.15, -0.1) is 0 Å². The van der Waals surface area contributed by atoms with E-state index >= 15 is 0 Å². The molecule has 258 valence electrons. The van der Waals surface area contributed by atoms with Gasteiger partial charge in [-0.3, -0.25) is 4.79 Å². The van der Waals surface area contributed by atoms with Crippen molar-refractivity contribution < 1.29 is 4.79 Å². The standard InChI is InChI=1S/C49H31ClN2O.CH4/c50-49(53)40-30-38(43-13-5-3-11-41(43)32-17-21-36(22-18-32)47-27-25-34-9-1-7-15-45(34)51-47)29-39(31-40)44-14-6-4-12-42(44)33-19-23-37(24-20-33)48-28-26-35-10-2-8-16-46(35)52-48;/h1-31H;1H4. The number of hydrogen-bond donors (Lipinski definition) is 0. The van der Waals surface area contributed by atoms with E-state index in [0.717, 1.165) is 88.8 Å². The predicted octanol–water partition coefficient (Wildman–Crippen LogP) is 13.8. The summed E-state index contributed by atoms with van der Waals surface area (Å²) in [5.41, 5.74) is 14.4. The Hall–Kier alpha value is -6.68. The number of rotatable bonds is 7. The Morgan fingerprint density at radius 3 is 1.13 bits per heavy atom. The van der Waals surface area contributed by atoms with E-state index in [1.165, 1.54) is 0 Å². The minimum atomic E-state index is -0.498. The van der Waals surface area contributed by atoms with Crippen LogP contribution in [0.25, 0.3) is 88.8 Å². The van der Waals surface area contributed by atoms with Gasteiger partial charge in [0.25, 0.3) is 5.24 Å². The fraction of sp³-hybridized carbons (Fsp3) is 0.0200. The van der Waals surface area contributed by atoms with Crippen LogP contribution in [0.3, 0.4) is 0 Å². The van der Waals surface area contributed by atoms with E-state index in [1.54, 1.807) is 0 Å². The Labute approximate surface area is 320 Å². The van der Waals surface area contributed by atoms with Crippen molar-refractivity contribution in [1.82, 2.24) is 9.97 Å². The van der Waals surface area contributed by atoms with Crippen molar-refractivity contribution in [2.24, 2.45) is 0 Å². The molecule has 4 heteroatoms. The lowest BCUT2D eigenvalue weighted by Gasteiger charge is -2.16. The zero-order valence-electron chi connectivity index (χ0n) is 28.6. The molecule has 0 fully saturated rings. The highest BCUT2D eigenvalue weighted by Gasteiger charge is 2.16. The van der Waals surface area contributed by atoms with Crippen LogP contribution < -0.4 is 0 Å². The molecule has 0 aliphatic rings. The number of aromatic nitrogens is 2. The highest BCUT2D eigenvalue weighted by atomic mass is 35.5. The molecule has 0 aliphatic carbocycles. The van der Waals surface area contributed by atoms with Crippen LogP contribution in [-0.2, 0) is 0 Å². The van der Waals surface area contributed by atoms with Gasteiger partial charge in [-0.1, -0.05) is 153 Å². The molecule has 0 saturated heterocycles. The fourth-order valence-corrected chi connectivity index (χ4v) is 7.23. The predicted molar refractivity (Wildman–Crippen MR) is 227 cm³/mol. The fourth-order valence-electron chi connectivity index (χ4n) is 7.12. The van der Waals surface area contributed by atoms with Crippen LogP contribution in [-0.4, -0.2) is 15.2 Å². The maximum Gasteiger partial charge on any atom is 0.252 e. The molecule has 2 aromatic heterocycles. The lowest BCUT2D eigenvalue weighted by molar-refractivity contribution is 0.108. The second-order valence-corrected chi connectivity index (χ2v) is 13.4. The summed E-state index contributed by atoms with van der Waals surface area (Å²) in [6, 6.07) is 64.2. The number of halogens is 1. The monoisotopic (exact) mass is 714 g/mol. The Kier molecular flexibility index (Phi) is 9.40. The van der Waals surface area contributed by atoms with E-state index in [-0.39, 0.29) is 7.43 Å². The van der Waals surface area contributed by atoms with Gasteiger partial charge in [0.05, 0.1) is 22.4 Å². The lowest BCUT2D eigenvalue weighted by atomic mass is 9.88. The van der Waals surface area contributed by atoms with Gasteiger partial charge in [0.2, 0.25) is 0 Å². The number of pyridine rings is 2. The Balaban J connectivity index is 0.00000413. The SMILES string of the molecule is C.O=C(Cl)c1cc(-c2ccccc2-c2ccc(-c3ccc4ccccc4n3)cc2)cc(-c2ccccc2-c2ccc(-c3ccc4ccccc4n3)cc2)c1. The molecule has 54 heavy (non-hydrogen) atoms. The molecular weight excluding hydrogens is 680 g/mol. The van der Waals surface area contributed by atoms with Gasteiger partial charge in [-0.05, 0) is 98.6 Å². The van der Waals surface area contributed by atoms with Gasteiger partial charge in [0, 0.05) is 27.5 Å². The third kappa shape index (κ3) is 6.69. The maximum absolute atomic E-state index is 12.8. The van der Waals surface area contributed by atoms with E-state index in [0.29, 0.717) is 5.56 Å². The number of para-hydroxylation sites is 2. The normalized spacial score (nSPS) is 11.0. The molecule has 0 N–H and O–H groups in total. The summed E-state index contributed by atoms with van der Waals surface area (Å²) >= 11 is 6.21. The Morgan fingerprint density at radius 2 is 0.722 bits per heavy atom. The van der Waals surface area contributed by atoms with Crippen molar-refractivity contribution in [3.05, 3.63) is 194 Å². The first kappa shape index (κ1) is 34.4. The van der Waals surface area contributed by atoms with Crippen LogP contribution in [0.1, 0.15) is 17.8 Å². The quantitative estimate of drug-likeness (QED) is 0.154. The number of hydrogen-bond acceptors (Lipinski definition) is 3. The molecular formula is C50H35ClN2O. The topological polar surface area (TPSA) is 42.9 Å². The lowest BCUT2D eigenvalue weighted by Crippen LogP contribution is -1.94. The largest absolute Gasteiger partial charge is 0.276 e. The highest BCUT2D eigenvalue weighted by molar-refractivity contribution is 6.67. The third-order valence-corrected chi connectivity index (χ3v) is 10.0. The van der Waals surface area contributed by atoms with E-state index in [2.05, 4.69) is 115 Å². The summed E-state index contributed by atoms with van der Waals surface area (Å²) in [5.74, 6) is 0. The van der Waals surface area contributed by atoms with Crippen molar-refractivity contribution in [3.8, 4) is 67.0 Å². The first-order chi connectivity index (χ1) is 26.1. The van der Waals surface area contributed by atoms with Crippen LogP contribution in [0.5, 0.6) is 0 Å². The molecule has 0 saturated carbocycles. The second-order valence-electron chi connectivity index (χ2n) is 13.1. The van der Waals surface area contributed by atoms with Gasteiger partial charge >= 0.3 is 0 Å². The molecule has 0 bridgehead atoms. The molecule has 0 atom stereocenters. The molecule has 0 unspecified atom stereocenters. The number of nitrogens with zero attached hydrogens (tertiary/aromatic N) is 2. The van der Waals surface area contributed by atoms with E-state index < -0.39 is 5.24 Å². The van der Waals surface area contributed by atoms with Crippen LogP contribution in [0.2, 0.25) is 0 Å². The van der Waals surface area contributed by atoms with Gasteiger partial charge < -0.3 is 0 Å². The average molecular weight is 715 g/mol. The van der Waals surface area contributed by atoms with Crippen LogP contribution in [0.15, 0.2) is 188 Å². The summed E-state index contributed by atoms with van der Waals surface area (Å²) in [5, 5.41) is 1.74. The van der Waals surface area contributed by atoms with Crippen molar-refractivity contribution >= 4 is 38.6 Å². The van der Waals surface area contributed by atoms with E-state index in [4.69, 9.17) is 21.6 Å². The van der Waals surface area contributed by atoms with Gasteiger partial charge in [0.1, 0.15) is 0 Å². The average Bonchev–Trinajstić information content (AvgIpc) is 3.23. The van der Waals surface area contributed by atoms with Crippen LogP contribution in [0, 0.1) is 0 Å². The molecule has 7 aromatic carbocycles. The minimum Gasteiger partial charge on any atom is -0.276 e. The summed E-state index contributed by atoms with van der Waals surface area (Å²) in [6.07, 6.45) is 0. The number of benzene rings is 7. The minimum absolute atomic E-state index is 0. The molecule has 9 rings (SSSR count). The first-order valence-electron chi connectivity index (χ1n) is 17.5. The molecule has 2 heterocycles. The smallest absolute Gasteiger partial charge is 0.252 e. The molecule has 0 aliphatic heterocycles. The number of carbonyl (C=O) groups is 1. The van der Waals surface area contributed by atoms with Gasteiger partial charge in [0.15, 0.2) is 0 Å². The number of carbonyl (C=O) groups excluding carboxylic acids is 1.